The number of rotatable bonds is 2. The number of pyridine rings is 1. The Balaban J connectivity index is 1.93. The van der Waals surface area contributed by atoms with Gasteiger partial charge in [0, 0.05) is 24.7 Å². The number of fused-ring (bicyclic) bond motifs is 1. The molecule has 0 unspecified atom stereocenters. The third kappa shape index (κ3) is 2.35. The van der Waals surface area contributed by atoms with E-state index in [9.17, 15) is 14.7 Å². The summed E-state index contributed by atoms with van der Waals surface area (Å²) in [5, 5.41) is 9.98. The monoisotopic (exact) mass is 284 g/mol. The van der Waals surface area contributed by atoms with Crippen molar-refractivity contribution in [2.75, 3.05) is 13.1 Å². The Hall–Kier alpha value is -2.43. The van der Waals surface area contributed by atoms with E-state index >= 15 is 0 Å². The number of carboxylic acids is 1. The Morgan fingerprint density at radius 3 is 2.71 bits per heavy atom. The molecule has 1 aliphatic rings. The number of likely N-dealkylation sites (tertiary alicyclic amines) is 1. The molecule has 3 rings (SSSR count). The van der Waals surface area contributed by atoms with Gasteiger partial charge in [-0.3, -0.25) is 14.6 Å². The summed E-state index contributed by atoms with van der Waals surface area (Å²) in [6.45, 7) is 2.62. The highest BCUT2D eigenvalue weighted by Crippen LogP contribution is 2.26. The van der Waals surface area contributed by atoms with Gasteiger partial charge >= 0.3 is 5.97 Å². The lowest BCUT2D eigenvalue weighted by Gasteiger charge is -2.17. The Kier molecular flexibility index (Phi) is 3.33. The number of carbonyl (C=O) groups excluding carboxylic acids is 1. The molecule has 1 saturated heterocycles. The van der Waals surface area contributed by atoms with E-state index < -0.39 is 11.9 Å². The Morgan fingerprint density at radius 2 is 2.00 bits per heavy atom. The normalized spacial score (nSPS) is 21.7. The topological polar surface area (TPSA) is 70.5 Å². The summed E-state index contributed by atoms with van der Waals surface area (Å²) in [4.78, 5) is 29.7. The molecule has 108 valence electrons. The van der Waals surface area contributed by atoms with Gasteiger partial charge in [0.1, 0.15) is 0 Å². The zero-order valence-electron chi connectivity index (χ0n) is 11.7. The van der Waals surface area contributed by atoms with Crippen molar-refractivity contribution in [1.82, 2.24) is 9.88 Å². The summed E-state index contributed by atoms with van der Waals surface area (Å²) < 4.78 is 0. The van der Waals surface area contributed by atoms with E-state index in [-0.39, 0.29) is 18.4 Å². The second-order valence-electron chi connectivity index (χ2n) is 5.51. The highest BCUT2D eigenvalue weighted by molar-refractivity contribution is 6.06. The largest absolute Gasteiger partial charge is 0.481 e. The molecule has 2 heterocycles. The molecule has 1 amide bonds. The van der Waals surface area contributed by atoms with Crippen LogP contribution in [-0.2, 0) is 4.79 Å². The van der Waals surface area contributed by atoms with E-state index in [1.54, 1.807) is 17.2 Å². The number of hydrogen-bond acceptors (Lipinski definition) is 3. The number of carboxylic acid groups (broad SMARTS) is 1. The van der Waals surface area contributed by atoms with E-state index in [1.807, 2.05) is 31.2 Å². The maximum atomic E-state index is 12.7. The molecule has 2 atom stereocenters. The van der Waals surface area contributed by atoms with Crippen LogP contribution in [0.5, 0.6) is 0 Å². The average molecular weight is 284 g/mol. The fraction of sp³-hybridized carbons (Fsp3) is 0.312. The van der Waals surface area contributed by atoms with Gasteiger partial charge in [0.05, 0.1) is 17.0 Å². The standard InChI is InChI=1S/C16H16N2O3/c1-10-8-18(9-13(10)16(20)21)15(19)12-6-7-17-14-5-3-2-4-11(12)14/h2-7,10,13H,8-9H2,1H3,(H,20,21)/t10-,13-/m1/s1. The summed E-state index contributed by atoms with van der Waals surface area (Å²) in [5.41, 5.74) is 1.35. The van der Waals surface area contributed by atoms with Gasteiger partial charge < -0.3 is 10.0 Å². The van der Waals surface area contributed by atoms with Crippen LogP contribution in [0, 0.1) is 11.8 Å². The molecule has 0 radical (unpaired) electrons. The number of nitrogens with zero attached hydrogens (tertiary/aromatic N) is 2. The Labute approximate surface area is 122 Å². The molecule has 1 N–H and O–H groups in total. The minimum absolute atomic E-state index is 0.0282. The molecule has 1 aromatic heterocycles. The van der Waals surface area contributed by atoms with Crippen LogP contribution in [0.2, 0.25) is 0 Å². The molecule has 0 aliphatic carbocycles. The lowest BCUT2D eigenvalue weighted by molar-refractivity contribution is -0.142. The molecule has 1 fully saturated rings. The third-order valence-electron chi connectivity index (χ3n) is 4.10. The molecular weight excluding hydrogens is 268 g/mol. The van der Waals surface area contributed by atoms with Gasteiger partial charge in [-0.05, 0) is 18.1 Å². The molecule has 1 aromatic carbocycles. The molecule has 2 aromatic rings. The van der Waals surface area contributed by atoms with Crippen LogP contribution in [0.3, 0.4) is 0 Å². The lowest BCUT2D eigenvalue weighted by atomic mass is 9.99. The zero-order valence-corrected chi connectivity index (χ0v) is 11.7. The lowest BCUT2D eigenvalue weighted by Crippen LogP contribution is -2.30. The minimum atomic E-state index is -0.836. The molecule has 5 nitrogen and oxygen atoms in total. The predicted molar refractivity (Wildman–Crippen MR) is 77.9 cm³/mol. The fourth-order valence-electron chi connectivity index (χ4n) is 2.91. The van der Waals surface area contributed by atoms with Crippen LogP contribution in [0.1, 0.15) is 17.3 Å². The number of para-hydroxylation sites is 1. The van der Waals surface area contributed by atoms with Gasteiger partial charge in [-0.1, -0.05) is 25.1 Å². The SMILES string of the molecule is C[C@@H]1CN(C(=O)c2ccnc3ccccc23)C[C@H]1C(=O)O. The molecule has 0 bridgehead atoms. The van der Waals surface area contributed by atoms with Crippen molar-refractivity contribution in [2.45, 2.75) is 6.92 Å². The number of benzene rings is 1. The number of aromatic nitrogens is 1. The van der Waals surface area contributed by atoms with Crippen LogP contribution < -0.4 is 0 Å². The van der Waals surface area contributed by atoms with Crippen LogP contribution in [0.25, 0.3) is 10.9 Å². The van der Waals surface area contributed by atoms with E-state index in [2.05, 4.69) is 4.98 Å². The fourth-order valence-corrected chi connectivity index (χ4v) is 2.91. The summed E-state index contributed by atoms with van der Waals surface area (Å²) >= 11 is 0. The van der Waals surface area contributed by atoms with Gasteiger partial charge in [0.15, 0.2) is 0 Å². The number of amides is 1. The number of carbonyl (C=O) groups is 2. The second-order valence-corrected chi connectivity index (χ2v) is 5.51. The van der Waals surface area contributed by atoms with Crippen molar-refractivity contribution in [2.24, 2.45) is 11.8 Å². The van der Waals surface area contributed by atoms with Gasteiger partial charge in [0.2, 0.25) is 0 Å². The summed E-state index contributed by atoms with van der Waals surface area (Å²) in [6.07, 6.45) is 1.61. The van der Waals surface area contributed by atoms with Crippen LogP contribution in [0.15, 0.2) is 36.5 Å². The summed E-state index contributed by atoms with van der Waals surface area (Å²) in [7, 11) is 0. The first-order valence-corrected chi connectivity index (χ1v) is 6.93. The zero-order chi connectivity index (χ0) is 15.0. The molecule has 0 spiro atoms. The van der Waals surface area contributed by atoms with E-state index in [4.69, 9.17) is 0 Å². The molecule has 5 heteroatoms. The van der Waals surface area contributed by atoms with Crippen molar-refractivity contribution in [3.8, 4) is 0 Å². The summed E-state index contributed by atoms with van der Waals surface area (Å²) in [6, 6.07) is 9.17. The number of aliphatic carboxylic acids is 1. The highest BCUT2D eigenvalue weighted by atomic mass is 16.4. The van der Waals surface area contributed by atoms with E-state index in [1.165, 1.54) is 0 Å². The highest BCUT2D eigenvalue weighted by Gasteiger charge is 2.37. The first-order chi connectivity index (χ1) is 10.1. The van der Waals surface area contributed by atoms with Crippen molar-refractivity contribution in [1.29, 1.82) is 0 Å². The van der Waals surface area contributed by atoms with Crippen LogP contribution >= 0.6 is 0 Å². The minimum Gasteiger partial charge on any atom is -0.481 e. The third-order valence-corrected chi connectivity index (χ3v) is 4.10. The van der Waals surface area contributed by atoms with Gasteiger partial charge in [-0.25, -0.2) is 0 Å². The van der Waals surface area contributed by atoms with E-state index in [0.717, 1.165) is 10.9 Å². The van der Waals surface area contributed by atoms with Crippen molar-refractivity contribution >= 4 is 22.8 Å². The second kappa shape index (κ2) is 5.16. The Morgan fingerprint density at radius 1 is 1.24 bits per heavy atom. The van der Waals surface area contributed by atoms with Gasteiger partial charge in [0.25, 0.3) is 5.91 Å². The molecule has 1 aliphatic heterocycles. The maximum absolute atomic E-state index is 12.7. The average Bonchev–Trinajstić information content (AvgIpc) is 2.88. The maximum Gasteiger partial charge on any atom is 0.308 e. The quantitative estimate of drug-likeness (QED) is 0.916. The van der Waals surface area contributed by atoms with Crippen molar-refractivity contribution in [3.05, 3.63) is 42.1 Å². The molecular formula is C16H16N2O3. The van der Waals surface area contributed by atoms with Crippen molar-refractivity contribution in [3.63, 3.8) is 0 Å². The van der Waals surface area contributed by atoms with Crippen LogP contribution in [-0.4, -0.2) is 40.0 Å². The first kappa shape index (κ1) is 13.5. The molecule has 21 heavy (non-hydrogen) atoms. The van der Waals surface area contributed by atoms with Crippen molar-refractivity contribution < 1.29 is 14.7 Å². The van der Waals surface area contributed by atoms with E-state index in [0.29, 0.717) is 12.1 Å². The smallest absolute Gasteiger partial charge is 0.308 e. The summed E-state index contributed by atoms with van der Waals surface area (Å²) in [5.74, 6) is -1.47. The number of hydrogen-bond donors (Lipinski definition) is 1. The molecule has 0 saturated carbocycles. The Bertz CT molecular complexity index is 708. The predicted octanol–water partition coefficient (Wildman–Crippen LogP) is 2.03. The van der Waals surface area contributed by atoms with Crippen LogP contribution in [0.4, 0.5) is 0 Å². The first-order valence-electron chi connectivity index (χ1n) is 6.93. The van der Waals surface area contributed by atoms with Gasteiger partial charge in [-0.15, -0.1) is 0 Å². The van der Waals surface area contributed by atoms with Gasteiger partial charge in [-0.2, -0.15) is 0 Å².